The molecular weight excluding hydrogens is 267 g/mol. The molecule has 0 heterocycles. The van der Waals surface area contributed by atoms with Gasteiger partial charge in [-0.05, 0) is 24.0 Å². The van der Waals surface area contributed by atoms with Crippen molar-refractivity contribution in [3.63, 3.8) is 0 Å². The molecule has 8 heteroatoms. The van der Waals surface area contributed by atoms with Gasteiger partial charge in [0.15, 0.2) is 0 Å². The van der Waals surface area contributed by atoms with E-state index in [-0.39, 0.29) is 12.0 Å². The summed E-state index contributed by atoms with van der Waals surface area (Å²) in [6.07, 6.45) is -4.50. The van der Waals surface area contributed by atoms with Crippen LogP contribution in [-0.2, 0) is 11.0 Å². The first kappa shape index (κ1) is 13.3. The second kappa shape index (κ2) is 4.22. The highest BCUT2D eigenvalue weighted by Gasteiger charge is 2.45. The van der Waals surface area contributed by atoms with Crippen molar-refractivity contribution in [2.24, 2.45) is 5.92 Å². The van der Waals surface area contributed by atoms with Crippen LogP contribution < -0.4 is 0 Å². The highest BCUT2D eigenvalue weighted by atomic mass is 19.4. The average Bonchev–Trinajstić information content (AvgIpc) is 3.07. The molecule has 5 nitrogen and oxygen atoms in total. The fraction of sp³-hybridized carbons (Fsp3) is 0.364. The molecule has 19 heavy (non-hydrogen) atoms. The summed E-state index contributed by atoms with van der Waals surface area (Å²) >= 11 is 0. The normalized spacial score (nSPS) is 22.1. The standard InChI is InChI=1S/C11H8F3NO4/c12-11(13,14)6-1-5(2-7(3-6)15(18)19)8-4-9(8)10(16)17/h1-3,8-9H,4H2,(H,16,17)/t8-,9+/m0/s1. The monoisotopic (exact) mass is 275 g/mol. The number of carbonyl (C=O) groups is 1. The second-order valence-corrected chi connectivity index (χ2v) is 4.36. The molecule has 0 radical (unpaired) electrons. The zero-order chi connectivity index (χ0) is 14.4. The summed E-state index contributed by atoms with van der Waals surface area (Å²) in [5.74, 6) is -2.45. The van der Waals surface area contributed by atoms with Crippen LogP contribution in [0.1, 0.15) is 23.5 Å². The number of hydrogen-bond acceptors (Lipinski definition) is 3. The number of nitrogens with zero attached hydrogens (tertiary/aromatic N) is 1. The minimum absolute atomic E-state index is 0.0499. The first-order valence-electron chi connectivity index (χ1n) is 5.29. The summed E-state index contributed by atoms with van der Waals surface area (Å²) in [6.45, 7) is 0. The number of halogens is 3. The van der Waals surface area contributed by atoms with E-state index >= 15 is 0 Å². The Balaban J connectivity index is 2.42. The smallest absolute Gasteiger partial charge is 0.416 e. The van der Waals surface area contributed by atoms with Gasteiger partial charge in [0.05, 0.1) is 16.4 Å². The van der Waals surface area contributed by atoms with Gasteiger partial charge in [-0.3, -0.25) is 14.9 Å². The predicted octanol–water partition coefficient (Wildman–Crippen LogP) is 2.80. The molecule has 0 amide bonds. The van der Waals surface area contributed by atoms with Crippen LogP contribution in [0.2, 0.25) is 0 Å². The molecule has 1 fully saturated rings. The van der Waals surface area contributed by atoms with Crippen LogP contribution in [0.3, 0.4) is 0 Å². The Morgan fingerprint density at radius 3 is 2.42 bits per heavy atom. The van der Waals surface area contributed by atoms with Gasteiger partial charge in [0.25, 0.3) is 5.69 Å². The van der Waals surface area contributed by atoms with Crippen LogP contribution in [0, 0.1) is 16.0 Å². The molecular formula is C11H8F3NO4. The number of alkyl halides is 3. The van der Waals surface area contributed by atoms with Crippen LogP contribution >= 0.6 is 0 Å². The van der Waals surface area contributed by atoms with Gasteiger partial charge >= 0.3 is 12.1 Å². The molecule has 2 atom stereocenters. The summed E-state index contributed by atoms with van der Waals surface area (Å²) in [6, 6.07) is 2.23. The van der Waals surface area contributed by atoms with Crippen molar-refractivity contribution in [3.05, 3.63) is 39.4 Å². The molecule has 0 aliphatic heterocycles. The Morgan fingerprint density at radius 1 is 1.37 bits per heavy atom. The number of hydrogen-bond donors (Lipinski definition) is 1. The molecule has 1 aromatic carbocycles. The first-order valence-corrected chi connectivity index (χ1v) is 5.29. The Hall–Kier alpha value is -2.12. The maximum Gasteiger partial charge on any atom is 0.416 e. The average molecular weight is 275 g/mol. The van der Waals surface area contributed by atoms with Gasteiger partial charge in [-0.2, -0.15) is 13.2 Å². The quantitative estimate of drug-likeness (QED) is 0.679. The van der Waals surface area contributed by atoms with Crippen LogP contribution in [0.5, 0.6) is 0 Å². The Labute approximate surface area is 104 Å². The van der Waals surface area contributed by atoms with Crippen molar-refractivity contribution in [3.8, 4) is 0 Å². The summed E-state index contributed by atoms with van der Waals surface area (Å²) in [5.41, 5.74) is -1.76. The number of carboxylic acids is 1. The number of nitro groups is 1. The van der Waals surface area contributed by atoms with Crippen molar-refractivity contribution in [1.29, 1.82) is 0 Å². The SMILES string of the molecule is O=C(O)[C@@H]1C[C@H]1c1cc([N+](=O)[O-])cc(C(F)(F)F)c1. The van der Waals surface area contributed by atoms with Gasteiger partial charge in [-0.15, -0.1) is 0 Å². The molecule has 1 aliphatic carbocycles. The van der Waals surface area contributed by atoms with E-state index in [0.29, 0.717) is 6.07 Å². The first-order chi connectivity index (χ1) is 8.70. The molecule has 102 valence electrons. The zero-order valence-electron chi connectivity index (χ0n) is 9.35. The molecule has 1 N–H and O–H groups in total. The molecule has 1 saturated carbocycles. The fourth-order valence-electron chi connectivity index (χ4n) is 1.95. The molecule has 0 saturated heterocycles. The van der Waals surface area contributed by atoms with Crippen molar-refractivity contribution in [2.45, 2.75) is 18.5 Å². The third-order valence-electron chi connectivity index (χ3n) is 3.01. The van der Waals surface area contributed by atoms with E-state index in [1.165, 1.54) is 0 Å². The van der Waals surface area contributed by atoms with E-state index in [9.17, 15) is 28.1 Å². The van der Waals surface area contributed by atoms with E-state index in [1.807, 2.05) is 0 Å². The highest BCUT2D eigenvalue weighted by Crippen LogP contribution is 2.49. The van der Waals surface area contributed by atoms with Gasteiger partial charge < -0.3 is 5.11 Å². The molecule has 0 spiro atoms. The summed E-state index contributed by atoms with van der Waals surface area (Å²) in [5, 5.41) is 19.3. The Kier molecular flexibility index (Phi) is 2.95. The van der Waals surface area contributed by atoms with E-state index in [2.05, 4.69) is 0 Å². The molecule has 0 bridgehead atoms. The van der Waals surface area contributed by atoms with Crippen LogP contribution in [0.4, 0.5) is 18.9 Å². The van der Waals surface area contributed by atoms with E-state index < -0.39 is 40.2 Å². The van der Waals surface area contributed by atoms with Gasteiger partial charge in [0.1, 0.15) is 0 Å². The summed E-state index contributed by atoms with van der Waals surface area (Å²) < 4.78 is 37.8. The summed E-state index contributed by atoms with van der Waals surface area (Å²) in [7, 11) is 0. The zero-order valence-corrected chi connectivity index (χ0v) is 9.35. The summed E-state index contributed by atoms with van der Waals surface area (Å²) in [4.78, 5) is 20.4. The van der Waals surface area contributed by atoms with Gasteiger partial charge in [0.2, 0.25) is 0 Å². The van der Waals surface area contributed by atoms with Crippen LogP contribution in [-0.4, -0.2) is 16.0 Å². The van der Waals surface area contributed by atoms with Crippen molar-refractivity contribution >= 4 is 11.7 Å². The number of rotatable bonds is 3. The van der Waals surface area contributed by atoms with E-state index in [4.69, 9.17) is 5.11 Å². The van der Waals surface area contributed by atoms with Crippen molar-refractivity contribution in [2.75, 3.05) is 0 Å². The topological polar surface area (TPSA) is 80.4 Å². The Morgan fingerprint density at radius 2 is 2.00 bits per heavy atom. The molecule has 1 aromatic rings. The number of aliphatic carboxylic acids is 1. The van der Waals surface area contributed by atoms with Crippen molar-refractivity contribution < 1.29 is 28.0 Å². The molecule has 2 rings (SSSR count). The number of benzene rings is 1. The second-order valence-electron chi connectivity index (χ2n) is 4.36. The highest BCUT2D eigenvalue weighted by molar-refractivity contribution is 5.75. The lowest BCUT2D eigenvalue weighted by Crippen LogP contribution is -2.07. The molecule has 1 aliphatic rings. The fourth-order valence-corrected chi connectivity index (χ4v) is 1.95. The lowest BCUT2D eigenvalue weighted by Gasteiger charge is -2.08. The van der Waals surface area contributed by atoms with Gasteiger partial charge in [-0.25, -0.2) is 0 Å². The molecule has 0 aromatic heterocycles. The maximum absolute atomic E-state index is 12.6. The van der Waals surface area contributed by atoms with Crippen LogP contribution in [0.25, 0.3) is 0 Å². The third kappa shape index (κ3) is 2.67. The van der Waals surface area contributed by atoms with Gasteiger partial charge in [-0.1, -0.05) is 0 Å². The largest absolute Gasteiger partial charge is 0.481 e. The third-order valence-corrected chi connectivity index (χ3v) is 3.01. The van der Waals surface area contributed by atoms with E-state index in [0.717, 1.165) is 12.1 Å². The lowest BCUT2D eigenvalue weighted by molar-refractivity contribution is -0.385. The predicted molar refractivity (Wildman–Crippen MR) is 56.6 cm³/mol. The van der Waals surface area contributed by atoms with E-state index in [1.54, 1.807) is 0 Å². The van der Waals surface area contributed by atoms with Gasteiger partial charge in [0, 0.05) is 12.1 Å². The minimum Gasteiger partial charge on any atom is -0.481 e. The number of non-ortho nitro benzene ring substituents is 1. The van der Waals surface area contributed by atoms with Crippen molar-refractivity contribution in [1.82, 2.24) is 0 Å². The number of carboxylic acid groups (broad SMARTS) is 1. The minimum atomic E-state index is -4.70. The Bertz CT molecular complexity index is 555. The van der Waals surface area contributed by atoms with Crippen LogP contribution in [0.15, 0.2) is 18.2 Å². The number of nitro benzene ring substituents is 1. The maximum atomic E-state index is 12.6. The molecule has 0 unspecified atom stereocenters. The lowest BCUT2D eigenvalue weighted by atomic mass is 10.0.